The van der Waals surface area contributed by atoms with Gasteiger partial charge < -0.3 is 19.3 Å². The van der Waals surface area contributed by atoms with Crippen LogP contribution < -0.4 is 0 Å². The summed E-state index contributed by atoms with van der Waals surface area (Å²) in [7, 11) is 2.19. The molecule has 0 aliphatic rings. The van der Waals surface area contributed by atoms with Crippen molar-refractivity contribution < 1.29 is 38.5 Å². The van der Waals surface area contributed by atoms with E-state index in [1.807, 2.05) is 0 Å². The van der Waals surface area contributed by atoms with E-state index in [4.69, 9.17) is 19.3 Å². The normalized spacial score (nSPS) is 11.3. The Kier molecular flexibility index (Phi) is 22.6. The molecule has 0 heterocycles. The molecule has 0 fully saturated rings. The molecule has 0 amide bonds. The molecule has 0 aromatic heterocycles. The fourth-order valence-electron chi connectivity index (χ4n) is 6.03. The Morgan fingerprint density at radius 1 is 0.636 bits per heavy atom. The largest absolute Gasteiger partial charge is 0.481 e. The van der Waals surface area contributed by atoms with Crippen LogP contribution in [0.25, 0.3) is 10.8 Å². The summed E-state index contributed by atoms with van der Waals surface area (Å²) in [6, 6.07) is 24.3. The van der Waals surface area contributed by atoms with Gasteiger partial charge in [-0.15, -0.1) is 0 Å². The number of nitrogens with zero attached hydrogens (tertiary/aromatic N) is 1. The standard InChI is InChI=1S/C23H27N.C23H40O8/c1-23(2,3)21-14-12-18(13-15-21)16-24(4)17-20-10-7-9-19-8-5-6-11-22(19)20;1-3-5-7-9-11-13-21(26)29-17-19(31-23(28)16-15-20(24)25)18-30-22(27)14-12-10-8-6-4-2/h5-15H,16-17H2,1-4H3;19H,3-18H2,1-2H3,(H,24,25). The van der Waals surface area contributed by atoms with Crippen molar-refractivity contribution >= 4 is 34.6 Å². The van der Waals surface area contributed by atoms with Crippen LogP contribution in [-0.2, 0) is 51.9 Å². The van der Waals surface area contributed by atoms with Crippen molar-refractivity contribution in [3.63, 3.8) is 0 Å². The Balaban J connectivity index is 0.000000390. The predicted octanol–water partition coefficient (Wildman–Crippen LogP) is 10.3. The zero-order chi connectivity index (χ0) is 40.5. The monoisotopic (exact) mass is 761 g/mol. The van der Waals surface area contributed by atoms with E-state index in [0.717, 1.165) is 77.3 Å². The Bertz CT molecular complexity index is 1530. The molecule has 0 atom stereocenters. The van der Waals surface area contributed by atoms with Crippen molar-refractivity contribution in [3.05, 3.63) is 83.4 Å². The molecule has 0 aliphatic carbocycles. The number of carboxylic acids is 1. The highest BCUT2D eigenvalue weighted by Gasteiger charge is 2.20. The fraction of sp³-hybridized carbons (Fsp3) is 0.565. The van der Waals surface area contributed by atoms with Gasteiger partial charge in [0, 0.05) is 25.9 Å². The van der Waals surface area contributed by atoms with Gasteiger partial charge in [-0.25, -0.2) is 0 Å². The SMILES string of the molecule is CCCCCCCC(=O)OCC(COC(=O)CCCCCCC)OC(=O)CCC(=O)O.CN(Cc1ccc(C(C)(C)C)cc1)Cc1cccc2ccccc12. The van der Waals surface area contributed by atoms with E-state index in [-0.39, 0.29) is 44.3 Å². The smallest absolute Gasteiger partial charge is 0.306 e. The van der Waals surface area contributed by atoms with E-state index in [1.54, 1.807) is 0 Å². The van der Waals surface area contributed by atoms with Crippen molar-refractivity contribution in [2.75, 3.05) is 20.3 Å². The second kappa shape index (κ2) is 26.5. The van der Waals surface area contributed by atoms with Gasteiger partial charge in [-0.05, 0) is 52.8 Å². The minimum absolute atomic E-state index is 0.216. The van der Waals surface area contributed by atoms with Crippen LogP contribution in [0.5, 0.6) is 0 Å². The number of carbonyl (C=O) groups is 4. The molecular formula is C46H67NO8. The lowest BCUT2D eigenvalue weighted by Crippen LogP contribution is -2.31. The summed E-state index contributed by atoms with van der Waals surface area (Å²) in [5, 5.41) is 11.3. The van der Waals surface area contributed by atoms with E-state index in [0.29, 0.717) is 0 Å². The molecular weight excluding hydrogens is 695 g/mol. The number of rotatable bonds is 24. The molecule has 9 nitrogen and oxygen atoms in total. The number of unbranched alkanes of at least 4 members (excludes halogenated alkanes) is 8. The number of aliphatic carboxylic acids is 1. The molecule has 0 spiro atoms. The van der Waals surface area contributed by atoms with Crippen molar-refractivity contribution in [3.8, 4) is 0 Å². The zero-order valence-electron chi connectivity index (χ0n) is 34.4. The molecule has 3 rings (SSSR count). The first kappa shape index (κ1) is 46.9. The number of ether oxygens (including phenoxy) is 3. The quantitative estimate of drug-likeness (QED) is 0.0540. The van der Waals surface area contributed by atoms with Gasteiger partial charge in [0.2, 0.25) is 0 Å². The number of fused-ring (bicyclic) bond motifs is 1. The lowest BCUT2D eigenvalue weighted by molar-refractivity contribution is -0.167. The summed E-state index contributed by atoms with van der Waals surface area (Å²) >= 11 is 0. The van der Waals surface area contributed by atoms with Crippen LogP contribution >= 0.6 is 0 Å². The first-order valence-electron chi connectivity index (χ1n) is 20.3. The second-order valence-electron chi connectivity index (χ2n) is 15.5. The summed E-state index contributed by atoms with van der Waals surface area (Å²) in [5.41, 5.74) is 4.36. The molecule has 0 unspecified atom stereocenters. The second-order valence-corrected chi connectivity index (χ2v) is 15.5. The van der Waals surface area contributed by atoms with Gasteiger partial charge >= 0.3 is 23.9 Å². The van der Waals surface area contributed by atoms with E-state index in [1.165, 1.54) is 27.5 Å². The Hall–Kier alpha value is -4.24. The molecule has 304 valence electrons. The Morgan fingerprint density at radius 3 is 1.73 bits per heavy atom. The third-order valence-corrected chi connectivity index (χ3v) is 9.26. The van der Waals surface area contributed by atoms with Crippen LogP contribution in [0.15, 0.2) is 66.7 Å². The highest BCUT2D eigenvalue weighted by Crippen LogP contribution is 2.24. The van der Waals surface area contributed by atoms with Gasteiger partial charge in [0.15, 0.2) is 6.10 Å². The van der Waals surface area contributed by atoms with Crippen LogP contribution in [0, 0.1) is 0 Å². The molecule has 9 heteroatoms. The lowest BCUT2D eigenvalue weighted by Gasteiger charge is -2.21. The van der Waals surface area contributed by atoms with Crippen LogP contribution in [0.4, 0.5) is 0 Å². The third-order valence-electron chi connectivity index (χ3n) is 9.26. The van der Waals surface area contributed by atoms with Crippen LogP contribution in [0.1, 0.15) is 141 Å². The van der Waals surface area contributed by atoms with Crippen LogP contribution in [0.2, 0.25) is 0 Å². The first-order valence-corrected chi connectivity index (χ1v) is 20.3. The van der Waals surface area contributed by atoms with Crippen LogP contribution in [0.3, 0.4) is 0 Å². The van der Waals surface area contributed by atoms with Crippen molar-refractivity contribution in [1.82, 2.24) is 4.90 Å². The number of hydrogen-bond donors (Lipinski definition) is 1. The molecule has 0 bridgehead atoms. The minimum Gasteiger partial charge on any atom is -0.481 e. The Morgan fingerprint density at radius 2 is 1.18 bits per heavy atom. The van der Waals surface area contributed by atoms with Crippen molar-refractivity contribution in [2.24, 2.45) is 0 Å². The maximum absolute atomic E-state index is 11.9. The number of esters is 3. The van der Waals surface area contributed by atoms with Gasteiger partial charge in [0.25, 0.3) is 0 Å². The molecule has 3 aromatic carbocycles. The predicted molar refractivity (Wildman–Crippen MR) is 220 cm³/mol. The van der Waals surface area contributed by atoms with Gasteiger partial charge in [-0.3, -0.25) is 24.1 Å². The summed E-state index contributed by atoms with van der Waals surface area (Å²) < 4.78 is 15.5. The molecule has 0 aliphatic heterocycles. The number of benzene rings is 3. The highest BCUT2D eigenvalue weighted by atomic mass is 16.6. The third kappa shape index (κ3) is 20.9. The Labute approximate surface area is 330 Å². The van der Waals surface area contributed by atoms with E-state index in [2.05, 4.69) is 113 Å². The van der Waals surface area contributed by atoms with Crippen LogP contribution in [-0.4, -0.2) is 60.2 Å². The molecule has 0 radical (unpaired) electrons. The molecule has 0 saturated carbocycles. The van der Waals surface area contributed by atoms with Crippen molar-refractivity contribution in [1.29, 1.82) is 0 Å². The van der Waals surface area contributed by atoms with Gasteiger partial charge in [-0.2, -0.15) is 0 Å². The summed E-state index contributed by atoms with van der Waals surface area (Å²) in [5.74, 6) is -2.65. The molecule has 55 heavy (non-hydrogen) atoms. The van der Waals surface area contributed by atoms with Gasteiger partial charge in [0.1, 0.15) is 13.2 Å². The molecule has 1 N–H and O–H groups in total. The van der Waals surface area contributed by atoms with Gasteiger partial charge in [-0.1, -0.05) is 153 Å². The number of carbonyl (C=O) groups excluding carboxylic acids is 3. The van der Waals surface area contributed by atoms with E-state index in [9.17, 15) is 19.2 Å². The topological polar surface area (TPSA) is 119 Å². The maximum atomic E-state index is 11.9. The summed E-state index contributed by atoms with van der Waals surface area (Å²) in [6.45, 7) is 12.5. The number of hydrogen-bond acceptors (Lipinski definition) is 8. The maximum Gasteiger partial charge on any atom is 0.306 e. The molecule has 0 saturated heterocycles. The average Bonchev–Trinajstić information content (AvgIpc) is 3.15. The fourth-order valence-corrected chi connectivity index (χ4v) is 6.03. The molecule has 3 aromatic rings. The average molecular weight is 762 g/mol. The zero-order valence-corrected chi connectivity index (χ0v) is 34.4. The number of carboxylic acid groups (broad SMARTS) is 1. The first-order chi connectivity index (χ1) is 26.3. The van der Waals surface area contributed by atoms with E-state index < -0.39 is 30.0 Å². The van der Waals surface area contributed by atoms with Crippen molar-refractivity contribution in [2.45, 2.75) is 149 Å². The van der Waals surface area contributed by atoms with E-state index >= 15 is 0 Å². The highest BCUT2D eigenvalue weighted by molar-refractivity contribution is 5.85. The lowest BCUT2D eigenvalue weighted by atomic mass is 9.87. The summed E-state index contributed by atoms with van der Waals surface area (Å²) in [6.07, 6.45) is 8.96. The van der Waals surface area contributed by atoms with Gasteiger partial charge in [0.05, 0.1) is 12.8 Å². The minimum atomic E-state index is -1.11. The summed E-state index contributed by atoms with van der Waals surface area (Å²) in [4.78, 5) is 48.6.